The normalized spacial score (nSPS) is 16.7. The van der Waals surface area contributed by atoms with Crippen LogP contribution >= 0.6 is 11.8 Å². The lowest BCUT2D eigenvalue weighted by atomic mass is 10.2. The summed E-state index contributed by atoms with van der Waals surface area (Å²) < 4.78 is 0. The molecule has 0 radical (unpaired) electrons. The highest BCUT2D eigenvalue weighted by Gasteiger charge is 2.16. The fraction of sp³-hybridized carbons (Fsp3) is 0.769. The lowest BCUT2D eigenvalue weighted by Crippen LogP contribution is -2.33. The minimum atomic E-state index is 0.211. The largest absolute Gasteiger partial charge is 0.342 e. The zero-order valence-corrected chi connectivity index (χ0v) is 12.5. The first-order valence-corrected chi connectivity index (χ1v) is 7.98. The van der Waals surface area contributed by atoms with Crippen molar-refractivity contribution in [3.8, 4) is 0 Å². The van der Waals surface area contributed by atoms with Crippen molar-refractivity contribution in [1.82, 2.24) is 20.1 Å². The highest BCUT2D eigenvalue weighted by Crippen LogP contribution is 2.17. The number of hydrogen-bond acceptors (Lipinski definition) is 4. The number of nitrogens with zero attached hydrogens (tertiary/aromatic N) is 3. The molecule has 1 aliphatic rings. The Morgan fingerprint density at radius 3 is 2.58 bits per heavy atom. The molecule has 1 aromatic heterocycles. The third-order valence-corrected chi connectivity index (χ3v) is 4.14. The molecule has 2 heterocycles. The van der Waals surface area contributed by atoms with Crippen LogP contribution in [-0.4, -0.2) is 44.8 Å². The van der Waals surface area contributed by atoms with Crippen molar-refractivity contribution >= 4 is 17.7 Å². The number of carbonyl (C=O) groups is 1. The van der Waals surface area contributed by atoms with Crippen LogP contribution in [0.3, 0.4) is 0 Å². The number of carbonyl (C=O) groups excluding carboxylic acids is 1. The summed E-state index contributed by atoms with van der Waals surface area (Å²) in [5.74, 6) is 1.87. The number of H-pyrrole nitrogens is 1. The van der Waals surface area contributed by atoms with Gasteiger partial charge in [-0.25, -0.2) is 4.98 Å². The number of aromatic nitrogens is 3. The van der Waals surface area contributed by atoms with Crippen molar-refractivity contribution in [2.75, 3.05) is 18.8 Å². The maximum atomic E-state index is 12.1. The molecule has 6 heteroatoms. The summed E-state index contributed by atoms with van der Waals surface area (Å²) in [5, 5.41) is 7.71. The van der Waals surface area contributed by atoms with E-state index in [1.807, 2.05) is 4.90 Å². The van der Waals surface area contributed by atoms with Crippen LogP contribution in [0.1, 0.15) is 51.3 Å². The molecule has 0 spiro atoms. The molecule has 1 N–H and O–H groups in total. The highest BCUT2D eigenvalue weighted by atomic mass is 32.2. The maximum Gasteiger partial charge on any atom is 0.233 e. The number of likely N-dealkylation sites (tertiary alicyclic amines) is 1. The van der Waals surface area contributed by atoms with Gasteiger partial charge >= 0.3 is 0 Å². The first-order valence-electron chi connectivity index (χ1n) is 6.99. The molecule has 0 aliphatic carbocycles. The van der Waals surface area contributed by atoms with Crippen molar-refractivity contribution in [2.45, 2.75) is 50.6 Å². The summed E-state index contributed by atoms with van der Waals surface area (Å²) in [7, 11) is 0. The van der Waals surface area contributed by atoms with Crippen LogP contribution in [-0.2, 0) is 4.79 Å². The molecule has 5 nitrogen and oxygen atoms in total. The topological polar surface area (TPSA) is 61.9 Å². The number of nitrogens with one attached hydrogen (secondary N) is 1. The Morgan fingerprint density at radius 1 is 1.32 bits per heavy atom. The van der Waals surface area contributed by atoms with Gasteiger partial charge < -0.3 is 4.90 Å². The van der Waals surface area contributed by atoms with Crippen molar-refractivity contribution < 1.29 is 4.79 Å². The number of thioether (sulfide) groups is 1. The quantitative estimate of drug-likeness (QED) is 0.862. The van der Waals surface area contributed by atoms with Crippen LogP contribution in [0, 0.1) is 0 Å². The third kappa shape index (κ3) is 4.23. The molecule has 2 rings (SSSR count). The van der Waals surface area contributed by atoms with Gasteiger partial charge in [0.1, 0.15) is 5.82 Å². The Morgan fingerprint density at radius 2 is 2.00 bits per heavy atom. The van der Waals surface area contributed by atoms with Crippen molar-refractivity contribution in [3.63, 3.8) is 0 Å². The van der Waals surface area contributed by atoms with E-state index in [9.17, 15) is 4.79 Å². The zero-order valence-electron chi connectivity index (χ0n) is 11.7. The van der Waals surface area contributed by atoms with Gasteiger partial charge in [-0.3, -0.25) is 9.89 Å². The molecule has 0 bridgehead atoms. The molecule has 1 amide bonds. The van der Waals surface area contributed by atoms with Crippen LogP contribution in [0.15, 0.2) is 5.16 Å². The molecule has 106 valence electrons. The van der Waals surface area contributed by atoms with E-state index >= 15 is 0 Å². The Bertz CT molecular complexity index is 411. The van der Waals surface area contributed by atoms with Crippen molar-refractivity contribution in [1.29, 1.82) is 0 Å². The molecule has 1 fully saturated rings. The molecule has 1 aliphatic heterocycles. The van der Waals surface area contributed by atoms with Crippen LogP contribution < -0.4 is 0 Å². The molecular formula is C13H22N4OS. The lowest BCUT2D eigenvalue weighted by molar-refractivity contribution is -0.128. The Kier molecular flexibility index (Phi) is 5.24. The van der Waals surface area contributed by atoms with E-state index in [4.69, 9.17) is 0 Å². The van der Waals surface area contributed by atoms with E-state index in [1.165, 1.54) is 24.6 Å². The minimum Gasteiger partial charge on any atom is -0.342 e. The maximum absolute atomic E-state index is 12.1. The molecule has 0 aromatic carbocycles. The monoisotopic (exact) mass is 282 g/mol. The van der Waals surface area contributed by atoms with Gasteiger partial charge in [-0.2, -0.15) is 0 Å². The fourth-order valence-corrected chi connectivity index (χ4v) is 2.83. The van der Waals surface area contributed by atoms with Crippen molar-refractivity contribution in [3.05, 3.63) is 5.82 Å². The van der Waals surface area contributed by atoms with Crippen LogP contribution in [0.4, 0.5) is 0 Å². The lowest BCUT2D eigenvalue weighted by Gasteiger charge is -2.19. The summed E-state index contributed by atoms with van der Waals surface area (Å²) in [6.07, 6.45) is 4.76. The van der Waals surface area contributed by atoms with E-state index in [0.717, 1.165) is 31.8 Å². The average Bonchev–Trinajstić information content (AvgIpc) is 2.70. The van der Waals surface area contributed by atoms with E-state index in [0.29, 0.717) is 16.8 Å². The predicted octanol–water partition coefficient (Wildman–Crippen LogP) is 2.42. The van der Waals surface area contributed by atoms with E-state index in [-0.39, 0.29) is 5.91 Å². The molecule has 0 saturated carbocycles. The third-order valence-electron chi connectivity index (χ3n) is 3.31. The van der Waals surface area contributed by atoms with Gasteiger partial charge in [0, 0.05) is 19.0 Å². The van der Waals surface area contributed by atoms with Gasteiger partial charge in [0.2, 0.25) is 11.1 Å². The number of rotatable bonds is 4. The SMILES string of the molecule is CC(C)c1nc(SCC(=O)N2CCCCCC2)n[nH]1. The van der Waals surface area contributed by atoms with Crippen molar-refractivity contribution in [2.24, 2.45) is 0 Å². The second-order valence-corrected chi connectivity index (χ2v) is 6.18. The predicted molar refractivity (Wildman–Crippen MR) is 76.2 cm³/mol. The Balaban J connectivity index is 1.81. The fourth-order valence-electron chi connectivity index (χ4n) is 2.12. The first-order chi connectivity index (χ1) is 9.16. The van der Waals surface area contributed by atoms with Crippen LogP contribution in [0.5, 0.6) is 0 Å². The summed E-state index contributed by atoms with van der Waals surface area (Å²) in [5.41, 5.74) is 0. The summed E-state index contributed by atoms with van der Waals surface area (Å²) in [6, 6.07) is 0. The molecule has 19 heavy (non-hydrogen) atoms. The van der Waals surface area contributed by atoms with Gasteiger partial charge in [0.25, 0.3) is 0 Å². The van der Waals surface area contributed by atoms with Gasteiger partial charge in [-0.15, -0.1) is 5.10 Å². The van der Waals surface area contributed by atoms with Crippen LogP contribution in [0.25, 0.3) is 0 Å². The van der Waals surface area contributed by atoms with Gasteiger partial charge in [-0.1, -0.05) is 38.5 Å². The molecule has 0 atom stereocenters. The van der Waals surface area contributed by atoms with Gasteiger partial charge in [0.15, 0.2) is 0 Å². The standard InChI is InChI=1S/C13H22N4OS/c1-10(2)12-14-13(16-15-12)19-9-11(18)17-7-5-3-4-6-8-17/h10H,3-9H2,1-2H3,(H,14,15,16). The molecule has 1 saturated heterocycles. The number of amides is 1. The number of aromatic amines is 1. The average molecular weight is 282 g/mol. The minimum absolute atomic E-state index is 0.211. The molecule has 0 unspecified atom stereocenters. The smallest absolute Gasteiger partial charge is 0.233 e. The van der Waals surface area contributed by atoms with E-state index in [1.54, 1.807) is 0 Å². The first kappa shape index (κ1) is 14.4. The molecular weight excluding hydrogens is 260 g/mol. The zero-order chi connectivity index (χ0) is 13.7. The Hall–Kier alpha value is -1.04. The van der Waals surface area contributed by atoms with Crippen LogP contribution in [0.2, 0.25) is 0 Å². The van der Waals surface area contributed by atoms with E-state index < -0.39 is 0 Å². The molecule has 1 aromatic rings. The summed E-state index contributed by atoms with van der Waals surface area (Å²) >= 11 is 1.42. The second-order valence-electron chi connectivity index (χ2n) is 5.24. The van der Waals surface area contributed by atoms with Gasteiger partial charge in [0.05, 0.1) is 5.75 Å². The second kappa shape index (κ2) is 6.93. The Labute approximate surface area is 118 Å². The summed E-state index contributed by atoms with van der Waals surface area (Å²) in [6.45, 7) is 5.95. The summed E-state index contributed by atoms with van der Waals surface area (Å²) in [4.78, 5) is 18.5. The van der Waals surface area contributed by atoms with E-state index in [2.05, 4.69) is 29.0 Å². The number of hydrogen-bond donors (Lipinski definition) is 1. The van der Waals surface area contributed by atoms with Gasteiger partial charge in [-0.05, 0) is 12.8 Å². The highest BCUT2D eigenvalue weighted by molar-refractivity contribution is 7.99.